The summed E-state index contributed by atoms with van der Waals surface area (Å²) in [5.41, 5.74) is 4.16. The molecule has 0 aromatic heterocycles. The minimum absolute atomic E-state index is 0.137. The molecule has 1 aromatic rings. The number of benzene rings is 1. The molecule has 2 aliphatic carbocycles. The van der Waals surface area contributed by atoms with Crippen molar-refractivity contribution < 1.29 is 0 Å². The third-order valence-electron chi connectivity index (χ3n) is 4.31. The summed E-state index contributed by atoms with van der Waals surface area (Å²) in [5.74, 6) is 0. The lowest BCUT2D eigenvalue weighted by molar-refractivity contribution is 0.444. The number of hydrogen-bond donors (Lipinski definition) is 1. The molecule has 0 bridgehead atoms. The third kappa shape index (κ3) is 1.66. The van der Waals surface area contributed by atoms with E-state index in [1.807, 2.05) is 7.05 Å². The molecule has 0 amide bonds. The first kappa shape index (κ1) is 10.8. The Morgan fingerprint density at radius 1 is 1.29 bits per heavy atom. The average Bonchev–Trinajstić information content (AvgIpc) is 3.00. The topological polar surface area (TPSA) is 35.8 Å². The number of rotatable bonds is 3. The Labute approximate surface area is 103 Å². The molecule has 1 atom stereocenters. The first-order valence-electron chi connectivity index (χ1n) is 6.49. The minimum Gasteiger partial charge on any atom is -0.312 e. The van der Waals surface area contributed by atoms with E-state index in [1.54, 1.807) is 0 Å². The Bertz CT molecular complexity index is 480. The van der Waals surface area contributed by atoms with Gasteiger partial charge in [0.1, 0.15) is 0 Å². The van der Waals surface area contributed by atoms with Gasteiger partial charge in [-0.1, -0.05) is 18.2 Å². The van der Waals surface area contributed by atoms with Crippen LogP contribution in [0.25, 0.3) is 0 Å². The van der Waals surface area contributed by atoms with Crippen LogP contribution in [0.2, 0.25) is 0 Å². The summed E-state index contributed by atoms with van der Waals surface area (Å²) in [7, 11) is 1.97. The second-order valence-corrected chi connectivity index (χ2v) is 5.37. The number of nitrogens with zero attached hydrogens (tertiary/aromatic N) is 1. The van der Waals surface area contributed by atoms with E-state index in [0.29, 0.717) is 0 Å². The maximum atomic E-state index is 9.32. The van der Waals surface area contributed by atoms with Gasteiger partial charge < -0.3 is 5.32 Å². The van der Waals surface area contributed by atoms with Crippen molar-refractivity contribution in [3.8, 4) is 6.07 Å². The second kappa shape index (κ2) is 3.85. The fourth-order valence-electron chi connectivity index (χ4n) is 3.13. The second-order valence-electron chi connectivity index (χ2n) is 5.37. The molecule has 0 aliphatic heterocycles. The Hall–Kier alpha value is -1.33. The van der Waals surface area contributed by atoms with Gasteiger partial charge in [0.15, 0.2) is 0 Å². The number of fused-ring (bicyclic) bond motifs is 1. The van der Waals surface area contributed by atoms with Crippen molar-refractivity contribution in [1.82, 2.24) is 5.32 Å². The van der Waals surface area contributed by atoms with Gasteiger partial charge in [0.2, 0.25) is 0 Å². The van der Waals surface area contributed by atoms with E-state index in [1.165, 1.54) is 36.0 Å². The van der Waals surface area contributed by atoms with Crippen LogP contribution in [0.5, 0.6) is 0 Å². The van der Waals surface area contributed by atoms with Crippen LogP contribution in [0.1, 0.15) is 42.0 Å². The summed E-state index contributed by atoms with van der Waals surface area (Å²) < 4.78 is 0. The molecule has 0 spiro atoms. The Kier molecular flexibility index (Phi) is 2.45. The van der Waals surface area contributed by atoms with Crippen molar-refractivity contribution in [2.75, 3.05) is 7.05 Å². The number of aryl methyl sites for hydroxylation is 2. The van der Waals surface area contributed by atoms with E-state index < -0.39 is 0 Å². The van der Waals surface area contributed by atoms with E-state index in [-0.39, 0.29) is 11.5 Å². The number of nitriles is 1. The first-order chi connectivity index (χ1) is 8.29. The molecule has 2 heteroatoms. The molecular formula is C15H18N2. The average molecular weight is 226 g/mol. The van der Waals surface area contributed by atoms with Gasteiger partial charge in [0.25, 0.3) is 0 Å². The zero-order valence-corrected chi connectivity index (χ0v) is 10.3. The maximum Gasteiger partial charge on any atom is 0.0769 e. The Morgan fingerprint density at radius 3 is 2.71 bits per heavy atom. The maximum absolute atomic E-state index is 9.32. The van der Waals surface area contributed by atoms with Crippen molar-refractivity contribution in [3.63, 3.8) is 0 Å². The quantitative estimate of drug-likeness (QED) is 0.860. The van der Waals surface area contributed by atoms with Crippen molar-refractivity contribution >= 4 is 0 Å². The van der Waals surface area contributed by atoms with E-state index in [9.17, 15) is 5.26 Å². The summed E-state index contributed by atoms with van der Waals surface area (Å²) in [4.78, 5) is 0. The molecule has 1 aromatic carbocycles. The van der Waals surface area contributed by atoms with Gasteiger partial charge in [0, 0.05) is 0 Å². The lowest BCUT2D eigenvalue weighted by Crippen LogP contribution is -2.25. The van der Waals surface area contributed by atoms with Crippen molar-refractivity contribution in [3.05, 3.63) is 34.9 Å². The highest BCUT2D eigenvalue weighted by Crippen LogP contribution is 2.54. The summed E-state index contributed by atoms with van der Waals surface area (Å²) in [6.07, 6.45) is 5.78. The smallest absolute Gasteiger partial charge is 0.0769 e. The van der Waals surface area contributed by atoms with Crippen LogP contribution in [-0.4, -0.2) is 7.05 Å². The SMILES string of the molecule is CNC(c1ccc2c(c1)CCC2)C1(C#N)CC1. The van der Waals surface area contributed by atoms with Gasteiger partial charge in [0.05, 0.1) is 17.5 Å². The van der Waals surface area contributed by atoms with Crippen LogP contribution >= 0.6 is 0 Å². The Morgan fingerprint density at radius 2 is 2.06 bits per heavy atom. The molecule has 0 heterocycles. The summed E-state index contributed by atoms with van der Waals surface area (Å²) in [5, 5.41) is 12.7. The summed E-state index contributed by atoms with van der Waals surface area (Å²) in [6, 6.07) is 9.50. The molecule has 0 radical (unpaired) electrons. The molecule has 2 nitrogen and oxygen atoms in total. The highest BCUT2D eigenvalue weighted by molar-refractivity contribution is 5.39. The van der Waals surface area contributed by atoms with Gasteiger partial charge in [-0.3, -0.25) is 0 Å². The lowest BCUT2D eigenvalue weighted by atomic mass is 9.90. The summed E-state index contributed by atoms with van der Waals surface area (Å²) in [6.45, 7) is 0. The van der Waals surface area contributed by atoms with Crippen molar-refractivity contribution in [2.24, 2.45) is 5.41 Å². The fourth-order valence-corrected chi connectivity index (χ4v) is 3.13. The predicted octanol–water partition coefficient (Wildman–Crippen LogP) is 2.74. The molecule has 2 aliphatic rings. The molecule has 3 rings (SSSR count). The highest BCUT2D eigenvalue weighted by atomic mass is 14.9. The lowest BCUT2D eigenvalue weighted by Gasteiger charge is -2.22. The molecule has 17 heavy (non-hydrogen) atoms. The number of nitrogens with one attached hydrogen (secondary N) is 1. The third-order valence-corrected chi connectivity index (χ3v) is 4.31. The Balaban J connectivity index is 1.95. The van der Waals surface area contributed by atoms with Crippen LogP contribution in [-0.2, 0) is 12.8 Å². The summed E-state index contributed by atoms with van der Waals surface area (Å²) >= 11 is 0. The van der Waals surface area contributed by atoms with Gasteiger partial charge in [-0.2, -0.15) is 5.26 Å². The van der Waals surface area contributed by atoms with Gasteiger partial charge >= 0.3 is 0 Å². The first-order valence-corrected chi connectivity index (χ1v) is 6.49. The van der Waals surface area contributed by atoms with Crippen LogP contribution in [0.4, 0.5) is 0 Å². The van der Waals surface area contributed by atoms with E-state index >= 15 is 0 Å². The van der Waals surface area contributed by atoms with Crippen LogP contribution < -0.4 is 5.32 Å². The van der Waals surface area contributed by atoms with Crippen molar-refractivity contribution in [2.45, 2.75) is 38.1 Å². The standard InChI is InChI=1S/C15H18N2/c1-17-14(15(10-16)7-8-15)13-6-5-11-3-2-4-12(11)9-13/h5-6,9,14,17H,2-4,7-8H2,1H3. The minimum atomic E-state index is -0.137. The van der Waals surface area contributed by atoms with Gasteiger partial charge in [-0.05, 0) is 55.8 Å². The zero-order valence-electron chi connectivity index (χ0n) is 10.3. The van der Waals surface area contributed by atoms with Gasteiger partial charge in [-0.25, -0.2) is 0 Å². The van der Waals surface area contributed by atoms with E-state index in [2.05, 4.69) is 29.6 Å². The largest absolute Gasteiger partial charge is 0.312 e. The molecule has 1 N–H and O–H groups in total. The van der Waals surface area contributed by atoms with Gasteiger partial charge in [-0.15, -0.1) is 0 Å². The van der Waals surface area contributed by atoms with E-state index in [0.717, 1.165) is 12.8 Å². The molecule has 1 unspecified atom stereocenters. The van der Waals surface area contributed by atoms with Crippen LogP contribution in [0.15, 0.2) is 18.2 Å². The van der Waals surface area contributed by atoms with Crippen molar-refractivity contribution in [1.29, 1.82) is 5.26 Å². The predicted molar refractivity (Wildman–Crippen MR) is 67.5 cm³/mol. The normalized spacial score (nSPS) is 21.6. The van der Waals surface area contributed by atoms with Crippen LogP contribution in [0.3, 0.4) is 0 Å². The van der Waals surface area contributed by atoms with E-state index in [4.69, 9.17) is 0 Å². The molecule has 1 saturated carbocycles. The molecule has 88 valence electrons. The zero-order chi connectivity index (χ0) is 11.9. The van der Waals surface area contributed by atoms with Crippen LogP contribution in [0, 0.1) is 16.7 Å². The fraction of sp³-hybridized carbons (Fsp3) is 0.533. The molecule has 0 saturated heterocycles. The highest BCUT2D eigenvalue weighted by Gasteiger charge is 2.50. The monoisotopic (exact) mass is 226 g/mol. The number of hydrogen-bond acceptors (Lipinski definition) is 2. The molecule has 1 fully saturated rings. The molecular weight excluding hydrogens is 208 g/mol.